The second-order valence-electron chi connectivity index (χ2n) is 3.29. The predicted molar refractivity (Wildman–Crippen MR) is 70.4 cm³/mol. The first-order valence-corrected chi connectivity index (χ1v) is 6.88. The Kier molecular flexibility index (Phi) is 14.6. The molecule has 0 rings (SSSR count). The lowest BCUT2D eigenvalue weighted by Gasteiger charge is -2.08. The third-order valence-corrected chi connectivity index (χ3v) is 2.58. The normalized spacial score (nSPS) is 11.1. The zero-order chi connectivity index (χ0) is 13.7. The number of carbonyl (C=O) groups excluding carboxylic acids is 1. The Labute approximate surface area is 107 Å². The molecule has 1 atom stereocenters. The van der Waals surface area contributed by atoms with Gasteiger partial charge in [0.15, 0.2) is 0 Å². The van der Waals surface area contributed by atoms with Crippen LogP contribution in [0.2, 0.25) is 0 Å². The fraction of sp³-hybridized carbons (Fsp3) is 0.818. The minimum absolute atomic E-state index is 0.123. The van der Waals surface area contributed by atoms with E-state index in [0.717, 1.165) is 12.2 Å². The van der Waals surface area contributed by atoms with Crippen LogP contribution in [0.4, 0.5) is 0 Å². The van der Waals surface area contributed by atoms with Crippen molar-refractivity contribution in [2.45, 2.75) is 32.2 Å². The molecule has 0 saturated heterocycles. The maximum atomic E-state index is 10.4. The number of carboxylic acid groups (broad SMARTS) is 1. The Morgan fingerprint density at radius 3 is 2.29 bits per heavy atom. The van der Waals surface area contributed by atoms with Crippen LogP contribution in [0.5, 0.6) is 0 Å². The molecule has 0 aromatic rings. The van der Waals surface area contributed by atoms with Crippen LogP contribution in [0.3, 0.4) is 0 Å². The fourth-order valence-corrected chi connectivity index (χ4v) is 1.40. The van der Waals surface area contributed by atoms with E-state index in [9.17, 15) is 9.59 Å². The summed E-state index contributed by atoms with van der Waals surface area (Å²) in [5, 5.41) is 11.3. The van der Waals surface area contributed by atoms with E-state index >= 15 is 0 Å². The highest BCUT2D eigenvalue weighted by Crippen LogP contribution is 1.99. The van der Waals surface area contributed by atoms with Gasteiger partial charge in [-0.3, -0.25) is 9.59 Å². The van der Waals surface area contributed by atoms with Crippen LogP contribution < -0.4 is 5.32 Å². The Balaban J connectivity index is 0. The summed E-state index contributed by atoms with van der Waals surface area (Å²) in [5.41, 5.74) is 0. The largest absolute Gasteiger partial charge is 0.480 e. The second kappa shape index (κ2) is 13.3. The molecule has 17 heavy (non-hydrogen) atoms. The van der Waals surface area contributed by atoms with Crippen molar-refractivity contribution in [3.8, 4) is 0 Å². The van der Waals surface area contributed by atoms with Crippen LogP contribution in [-0.4, -0.2) is 49.3 Å². The van der Waals surface area contributed by atoms with Crippen molar-refractivity contribution >= 4 is 23.7 Å². The lowest BCUT2D eigenvalue weighted by Crippen LogP contribution is -2.34. The van der Waals surface area contributed by atoms with Gasteiger partial charge in [0.05, 0.1) is 7.11 Å². The van der Waals surface area contributed by atoms with Gasteiger partial charge in [-0.1, -0.05) is 6.92 Å². The molecule has 0 fully saturated rings. The number of thioether (sulfide) groups is 1. The van der Waals surface area contributed by atoms with Gasteiger partial charge in [-0.05, 0) is 31.9 Å². The fourth-order valence-electron chi connectivity index (χ4n) is 0.933. The molecule has 0 aliphatic carbocycles. The summed E-state index contributed by atoms with van der Waals surface area (Å²) in [7, 11) is 3.07. The highest BCUT2D eigenvalue weighted by Gasteiger charge is 2.12. The average molecular weight is 265 g/mol. The molecule has 0 spiro atoms. The molecule has 0 radical (unpaired) electrons. The third kappa shape index (κ3) is 13.2. The van der Waals surface area contributed by atoms with E-state index in [-0.39, 0.29) is 12.0 Å². The monoisotopic (exact) mass is 265 g/mol. The summed E-state index contributed by atoms with van der Waals surface area (Å²) in [5.74, 6) is -0.00306. The maximum absolute atomic E-state index is 10.4. The molecule has 5 nitrogen and oxygen atoms in total. The lowest BCUT2D eigenvalue weighted by molar-refractivity contribution is -0.141. The van der Waals surface area contributed by atoms with Crippen molar-refractivity contribution in [2.75, 3.05) is 26.2 Å². The van der Waals surface area contributed by atoms with Crippen molar-refractivity contribution < 1.29 is 19.4 Å². The van der Waals surface area contributed by atoms with Crippen molar-refractivity contribution in [3.05, 3.63) is 0 Å². The standard InChI is InChI=1S/C6H13NO2S.C5H10O2/c1-7-5(6(8)9)3-4-10-2;1-3-4-5(6)7-2/h5,7H,3-4H2,1-2H3,(H,8,9);3-4H2,1-2H3/t5-;/m0./s1. The van der Waals surface area contributed by atoms with Crippen LogP contribution in [-0.2, 0) is 14.3 Å². The van der Waals surface area contributed by atoms with Crippen LogP contribution >= 0.6 is 11.8 Å². The van der Waals surface area contributed by atoms with Crippen LogP contribution in [0.15, 0.2) is 0 Å². The summed E-state index contributed by atoms with van der Waals surface area (Å²) in [6, 6.07) is -0.382. The molecule has 0 aromatic heterocycles. The van der Waals surface area contributed by atoms with E-state index in [1.165, 1.54) is 7.11 Å². The molecule has 0 amide bonds. The van der Waals surface area contributed by atoms with E-state index in [2.05, 4.69) is 10.1 Å². The summed E-state index contributed by atoms with van der Waals surface area (Å²) >= 11 is 1.66. The number of rotatable bonds is 7. The van der Waals surface area contributed by atoms with Gasteiger partial charge in [-0.2, -0.15) is 11.8 Å². The SMILES string of the molecule is CCCC(=O)OC.CN[C@@H](CCSC)C(=O)O. The van der Waals surface area contributed by atoms with Gasteiger partial charge in [0.1, 0.15) is 6.04 Å². The van der Waals surface area contributed by atoms with Crippen LogP contribution in [0.25, 0.3) is 0 Å². The molecule has 0 heterocycles. The first kappa shape index (κ1) is 18.6. The number of carbonyl (C=O) groups is 2. The van der Waals surface area contributed by atoms with E-state index in [1.54, 1.807) is 18.8 Å². The topological polar surface area (TPSA) is 75.6 Å². The maximum Gasteiger partial charge on any atom is 0.320 e. The Morgan fingerprint density at radius 2 is 2.06 bits per heavy atom. The summed E-state index contributed by atoms with van der Waals surface area (Å²) in [6.07, 6.45) is 4.06. The predicted octanol–water partition coefficient (Wildman–Crippen LogP) is 1.37. The molecule has 6 heteroatoms. The number of aliphatic carboxylic acids is 1. The van der Waals surface area contributed by atoms with Crippen molar-refractivity contribution in [2.24, 2.45) is 0 Å². The smallest absolute Gasteiger partial charge is 0.320 e. The van der Waals surface area contributed by atoms with E-state index in [1.807, 2.05) is 13.2 Å². The first-order valence-electron chi connectivity index (χ1n) is 5.49. The molecular weight excluding hydrogens is 242 g/mol. The van der Waals surface area contributed by atoms with Gasteiger partial charge >= 0.3 is 11.9 Å². The molecule has 0 saturated carbocycles. The van der Waals surface area contributed by atoms with Gasteiger partial charge in [0.2, 0.25) is 0 Å². The van der Waals surface area contributed by atoms with E-state index in [4.69, 9.17) is 5.11 Å². The Bertz CT molecular complexity index is 212. The van der Waals surface area contributed by atoms with E-state index < -0.39 is 5.97 Å². The highest BCUT2D eigenvalue weighted by atomic mass is 32.2. The number of carboxylic acids is 1. The molecule has 0 unspecified atom stereocenters. The molecule has 0 aliphatic heterocycles. The van der Waals surface area contributed by atoms with Gasteiger partial charge in [-0.25, -0.2) is 0 Å². The average Bonchev–Trinajstić information content (AvgIpc) is 2.30. The number of hydrogen-bond acceptors (Lipinski definition) is 5. The summed E-state index contributed by atoms with van der Waals surface area (Å²) < 4.78 is 4.35. The highest BCUT2D eigenvalue weighted by molar-refractivity contribution is 7.98. The first-order chi connectivity index (χ1) is 8.03. The third-order valence-electron chi connectivity index (χ3n) is 1.94. The van der Waals surface area contributed by atoms with Crippen LogP contribution in [0.1, 0.15) is 26.2 Å². The van der Waals surface area contributed by atoms with E-state index in [0.29, 0.717) is 12.8 Å². The summed E-state index contributed by atoms with van der Waals surface area (Å²) in [6.45, 7) is 1.94. The van der Waals surface area contributed by atoms with Gasteiger partial charge < -0.3 is 15.2 Å². The number of ether oxygens (including phenoxy) is 1. The molecule has 0 bridgehead atoms. The van der Waals surface area contributed by atoms with Gasteiger partial charge in [0.25, 0.3) is 0 Å². The van der Waals surface area contributed by atoms with Crippen molar-refractivity contribution in [1.82, 2.24) is 5.32 Å². The number of esters is 1. The van der Waals surface area contributed by atoms with Gasteiger partial charge in [0, 0.05) is 6.42 Å². The number of likely N-dealkylation sites (N-methyl/N-ethyl adjacent to an activating group) is 1. The quantitative estimate of drug-likeness (QED) is 0.677. The number of methoxy groups -OCH3 is 1. The van der Waals surface area contributed by atoms with Crippen molar-refractivity contribution in [1.29, 1.82) is 0 Å². The molecular formula is C11H23NO4S. The lowest BCUT2D eigenvalue weighted by atomic mass is 10.2. The minimum atomic E-state index is -0.767. The minimum Gasteiger partial charge on any atom is -0.480 e. The zero-order valence-corrected chi connectivity index (χ0v) is 11.8. The number of hydrogen-bond donors (Lipinski definition) is 2. The van der Waals surface area contributed by atoms with Crippen LogP contribution in [0, 0.1) is 0 Å². The Morgan fingerprint density at radius 1 is 1.47 bits per heavy atom. The zero-order valence-electron chi connectivity index (χ0n) is 11.0. The van der Waals surface area contributed by atoms with Crippen molar-refractivity contribution in [3.63, 3.8) is 0 Å². The second-order valence-corrected chi connectivity index (χ2v) is 4.27. The number of nitrogens with one attached hydrogen (secondary N) is 1. The summed E-state index contributed by atoms with van der Waals surface area (Å²) in [4.78, 5) is 20.6. The van der Waals surface area contributed by atoms with Gasteiger partial charge in [-0.15, -0.1) is 0 Å². The Hall–Kier alpha value is -0.750. The molecule has 102 valence electrons. The molecule has 0 aliphatic rings. The molecule has 0 aromatic carbocycles. The molecule has 2 N–H and O–H groups in total.